The highest BCUT2D eigenvalue weighted by molar-refractivity contribution is 7.59. The molecule has 0 bridgehead atoms. The highest BCUT2D eigenvalue weighted by atomic mass is 32.1. The zero-order chi connectivity index (χ0) is 5.98. The van der Waals surface area contributed by atoms with E-state index < -0.39 is 0 Å². The SMILES string of the molecule is Cc1ccc([O])cc1.S. The minimum absolute atomic E-state index is 0. The maximum Gasteiger partial charge on any atom is 0.178 e. The van der Waals surface area contributed by atoms with Crippen LogP contribution in [0, 0.1) is 6.92 Å². The largest absolute Gasteiger partial charge is 0.290 e. The molecule has 1 radical (unpaired) electrons. The molecule has 0 unspecified atom stereocenters. The zero-order valence-electron chi connectivity index (χ0n) is 5.22. The number of benzene rings is 1. The van der Waals surface area contributed by atoms with Crippen molar-refractivity contribution in [2.75, 3.05) is 0 Å². The van der Waals surface area contributed by atoms with Crippen LogP contribution in [0.3, 0.4) is 0 Å². The molecule has 2 heteroatoms. The first-order valence-electron chi connectivity index (χ1n) is 2.53. The van der Waals surface area contributed by atoms with Crippen LogP contribution in [0.15, 0.2) is 24.3 Å². The van der Waals surface area contributed by atoms with Crippen molar-refractivity contribution in [2.45, 2.75) is 6.92 Å². The Hall–Kier alpha value is -0.630. The van der Waals surface area contributed by atoms with Crippen LogP contribution in [0.2, 0.25) is 0 Å². The van der Waals surface area contributed by atoms with Crippen molar-refractivity contribution < 1.29 is 5.11 Å². The molecule has 0 amide bonds. The van der Waals surface area contributed by atoms with Gasteiger partial charge in [0.25, 0.3) is 0 Å². The van der Waals surface area contributed by atoms with E-state index in [2.05, 4.69) is 0 Å². The Balaban J connectivity index is 0.000000640. The monoisotopic (exact) mass is 141 g/mol. The quantitative estimate of drug-likeness (QED) is 0.528. The molecule has 0 saturated carbocycles. The lowest BCUT2D eigenvalue weighted by Gasteiger charge is -1.86. The topological polar surface area (TPSA) is 19.9 Å². The Morgan fingerprint density at radius 1 is 1.11 bits per heavy atom. The summed E-state index contributed by atoms with van der Waals surface area (Å²) in [7, 11) is 0. The fourth-order valence-corrected chi connectivity index (χ4v) is 0.538. The van der Waals surface area contributed by atoms with E-state index in [4.69, 9.17) is 0 Å². The van der Waals surface area contributed by atoms with Crippen LogP contribution >= 0.6 is 13.5 Å². The van der Waals surface area contributed by atoms with Crippen LogP contribution in [0.25, 0.3) is 0 Å². The van der Waals surface area contributed by atoms with E-state index in [1.165, 1.54) is 0 Å². The smallest absolute Gasteiger partial charge is 0.178 e. The van der Waals surface area contributed by atoms with Gasteiger partial charge in [0.05, 0.1) is 0 Å². The highest BCUT2D eigenvalue weighted by Crippen LogP contribution is 2.08. The van der Waals surface area contributed by atoms with E-state index in [9.17, 15) is 5.11 Å². The van der Waals surface area contributed by atoms with Crippen molar-refractivity contribution >= 4 is 13.5 Å². The molecule has 0 saturated heterocycles. The normalized spacial score (nSPS) is 8.11. The lowest BCUT2D eigenvalue weighted by Crippen LogP contribution is -1.65. The molecule has 1 aromatic rings. The van der Waals surface area contributed by atoms with Gasteiger partial charge < -0.3 is 0 Å². The van der Waals surface area contributed by atoms with Gasteiger partial charge in [0.2, 0.25) is 0 Å². The number of hydrogen-bond donors (Lipinski definition) is 0. The highest BCUT2D eigenvalue weighted by Gasteiger charge is 1.84. The molecular formula is C7H9OS. The fourth-order valence-electron chi connectivity index (χ4n) is 0.538. The summed E-state index contributed by atoms with van der Waals surface area (Å²) in [4.78, 5) is 0. The minimum Gasteiger partial charge on any atom is -0.290 e. The second-order valence-corrected chi connectivity index (χ2v) is 1.81. The Bertz CT molecular complexity index is 148. The van der Waals surface area contributed by atoms with E-state index in [-0.39, 0.29) is 19.2 Å². The van der Waals surface area contributed by atoms with Crippen LogP contribution in [0.5, 0.6) is 5.75 Å². The van der Waals surface area contributed by atoms with Crippen molar-refractivity contribution in [3.05, 3.63) is 29.8 Å². The molecule has 1 nitrogen and oxygen atoms in total. The first kappa shape index (κ1) is 8.37. The van der Waals surface area contributed by atoms with Gasteiger partial charge in [0, 0.05) is 0 Å². The maximum absolute atomic E-state index is 10.4. The molecule has 0 aliphatic heterocycles. The summed E-state index contributed by atoms with van der Waals surface area (Å²) < 4.78 is 0. The standard InChI is InChI=1S/C7H7O.H2S/c1-6-2-4-7(8)5-3-6;/h2-5H,1H3;1H2. The number of rotatable bonds is 0. The maximum atomic E-state index is 10.4. The Kier molecular flexibility index (Phi) is 3.17. The van der Waals surface area contributed by atoms with Gasteiger partial charge in [-0.1, -0.05) is 17.7 Å². The van der Waals surface area contributed by atoms with Crippen LogP contribution in [-0.2, 0) is 5.11 Å². The van der Waals surface area contributed by atoms with Gasteiger partial charge in [0.1, 0.15) is 0 Å². The van der Waals surface area contributed by atoms with Crippen LogP contribution in [0.4, 0.5) is 0 Å². The van der Waals surface area contributed by atoms with E-state index in [0.717, 1.165) is 5.56 Å². The lowest BCUT2D eigenvalue weighted by molar-refractivity contribution is 0.355. The lowest BCUT2D eigenvalue weighted by atomic mass is 10.2. The third-order valence-electron chi connectivity index (χ3n) is 1.02. The molecular weight excluding hydrogens is 132 g/mol. The van der Waals surface area contributed by atoms with E-state index >= 15 is 0 Å². The zero-order valence-corrected chi connectivity index (χ0v) is 6.22. The average molecular weight is 141 g/mol. The molecule has 1 aromatic carbocycles. The fraction of sp³-hybridized carbons (Fsp3) is 0.143. The summed E-state index contributed by atoms with van der Waals surface area (Å²) in [6.45, 7) is 1.96. The Labute approximate surface area is 61.8 Å². The number of aryl methyl sites for hydroxylation is 1. The second-order valence-electron chi connectivity index (χ2n) is 1.81. The first-order valence-corrected chi connectivity index (χ1v) is 2.53. The molecule has 0 atom stereocenters. The van der Waals surface area contributed by atoms with E-state index in [1.807, 2.05) is 19.1 Å². The third-order valence-corrected chi connectivity index (χ3v) is 1.02. The summed E-state index contributed by atoms with van der Waals surface area (Å²) in [6, 6.07) is 6.75. The summed E-state index contributed by atoms with van der Waals surface area (Å²) in [5.41, 5.74) is 1.13. The molecule has 49 valence electrons. The van der Waals surface area contributed by atoms with Crippen molar-refractivity contribution in [3.8, 4) is 5.75 Å². The van der Waals surface area contributed by atoms with Crippen molar-refractivity contribution in [1.29, 1.82) is 0 Å². The second kappa shape index (κ2) is 3.41. The van der Waals surface area contributed by atoms with Crippen molar-refractivity contribution in [2.24, 2.45) is 0 Å². The van der Waals surface area contributed by atoms with E-state index in [1.54, 1.807) is 12.1 Å². The van der Waals surface area contributed by atoms with Gasteiger partial charge in [-0.3, -0.25) is 5.11 Å². The van der Waals surface area contributed by atoms with Gasteiger partial charge in [0.15, 0.2) is 5.75 Å². The van der Waals surface area contributed by atoms with Gasteiger partial charge in [-0.05, 0) is 19.1 Å². The van der Waals surface area contributed by atoms with Crippen molar-refractivity contribution in [3.63, 3.8) is 0 Å². The molecule has 0 aromatic heterocycles. The first-order chi connectivity index (χ1) is 3.79. The van der Waals surface area contributed by atoms with Gasteiger partial charge in [-0.25, -0.2) is 0 Å². The molecule has 0 fully saturated rings. The minimum atomic E-state index is 0. The third kappa shape index (κ3) is 2.42. The Morgan fingerprint density at radius 3 is 1.89 bits per heavy atom. The molecule has 0 aliphatic carbocycles. The molecule has 9 heavy (non-hydrogen) atoms. The number of hydrogen-bond acceptors (Lipinski definition) is 0. The summed E-state index contributed by atoms with van der Waals surface area (Å²) in [6.07, 6.45) is 0. The predicted octanol–water partition coefficient (Wildman–Crippen LogP) is 2.25. The summed E-state index contributed by atoms with van der Waals surface area (Å²) in [5.74, 6) is 0.0793. The van der Waals surface area contributed by atoms with Gasteiger partial charge in [-0.15, -0.1) is 0 Å². The van der Waals surface area contributed by atoms with Crippen LogP contribution < -0.4 is 0 Å². The molecule has 0 N–H and O–H groups in total. The van der Waals surface area contributed by atoms with E-state index in [0.29, 0.717) is 0 Å². The average Bonchev–Trinajstić information content (AvgIpc) is 1.77. The van der Waals surface area contributed by atoms with Crippen molar-refractivity contribution in [1.82, 2.24) is 0 Å². The summed E-state index contributed by atoms with van der Waals surface area (Å²) in [5, 5.41) is 10.4. The molecule has 1 rings (SSSR count). The van der Waals surface area contributed by atoms with Crippen LogP contribution in [-0.4, -0.2) is 0 Å². The molecule has 0 heterocycles. The molecule has 0 spiro atoms. The predicted molar refractivity (Wildman–Crippen MR) is 41.7 cm³/mol. The Morgan fingerprint density at radius 2 is 1.56 bits per heavy atom. The van der Waals surface area contributed by atoms with Gasteiger partial charge >= 0.3 is 0 Å². The van der Waals surface area contributed by atoms with Gasteiger partial charge in [-0.2, -0.15) is 13.5 Å². The summed E-state index contributed by atoms with van der Waals surface area (Å²) >= 11 is 0. The molecule has 0 aliphatic rings. The van der Waals surface area contributed by atoms with Crippen LogP contribution in [0.1, 0.15) is 5.56 Å².